The molecule has 0 N–H and O–H groups in total. The monoisotopic (exact) mass is 352 g/mol. The smallest absolute Gasteiger partial charge is 0.318 e. The van der Waals surface area contributed by atoms with E-state index in [-0.39, 0.29) is 11.9 Å². The summed E-state index contributed by atoms with van der Waals surface area (Å²) in [5.41, 5.74) is 0.825. The Bertz CT molecular complexity index is 625. The number of hydrogen-bond acceptors (Lipinski definition) is 5. The van der Waals surface area contributed by atoms with Gasteiger partial charge in [-0.25, -0.2) is 0 Å². The molecule has 0 fully saturated rings. The normalized spacial score (nSPS) is 12.4. The minimum absolute atomic E-state index is 0.0138. The van der Waals surface area contributed by atoms with E-state index in [1.165, 1.54) is 0 Å². The van der Waals surface area contributed by atoms with Gasteiger partial charge in [-0.1, -0.05) is 47.1 Å². The number of carbonyl (C=O) groups excluding carboxylic acids is 1. The molecule has 0 aliphatic carbocycles. The number of benzene rings is 1. The molecule has 2 rings (SSSR count). The molecule has 0 spiro atoms. The van der Waals surface area contributed by atoms with Crippen LogP contribution in [0, 0.1) is 5.92 Å². The maximum atomic E-state index is 12.0. The van der Waals surface area contributed by atoms with Gasteiger partial charge in [0.15, 0.2) is 0 Å². The summed E-state index contributed by atoms with van der Waals surface area (Å²) in [6, 6.07) is 7.58. The molecule has 6 heteroatoms. The van der Waals surface area contributed by atoms with E-state index in [2.05, 4.69) is 26.1 Å². The Morgan fingerprint density at radius 2 is 2.19 bits per heavy atom. The van der Waals surface area contributed by atoms with Crippen LogP contribution in [0.15, 0.2) is 33.3 Å². The van der Waals surface area contributed by atoms with Crippen LogP contribution in [0.1, 0.15) is 32.6 Å². The van der Waals surface area contributed by atoms with Crippen LogP contribution in [0.3, 0.4) is 0 Å². The summed E-state index contributed by atoms with van der Waals surface area (Å²) in [6.45, 7) is 5.94. The van der Waals surface area contributed by atoms with Crippen LogP contribution in [-0.2, 0) is 9.53 Å². The highest BCUT2D eigenvalue weighted by molar-refractivity contribution is 9.10. The predicted molar refractivity (Wildman–Crippen MR) is 81.6 cm³/mol. The number of hydrogen-bond donors (Lipinski definition) is 0. The highest BCUT2D eigenvalue weighted by atomic mass is 79.9. The van der Waals surface area contributed by atoms with Crippen molar-refractivity contribution in [1.82, 2.24) is 10.1 Å². The maximum absolute atomic E-state index is 12.0. The summed E-state index contributed by atoms with van der Waals surface area (Å²) in [6.07, 6.45) is 0. The molecule has 1 atom stereocenters. The first-order valence-corrected chi connectivity index (χ1v) is 7.58. The van der Waals surface area contributed by atoms with Gasteiger partial charge in [0.2, 0.25) is 11.7 Å². The van der Waals surface area contributed by atoms with Gasteiger partial charge in [0.1, 0.15) is 5.92 Å². The summed E-state index contributed by atoms with van der Waals surface area (Å²) in [4.78, 5) is 16.4. The number of ether oxygens (including phenoxy) is 1. The van der Waals surface area contributed by atoms with Crippen LogP contribution in [-0.4, -0.2) is 22.7 Å². The second-order valence-corrected chi connectivity index (χ2v) is 5.86. The van der Waals surface area contributed by atoms with Crippen molar-refractivity contribution in [3.63, 3.8) is 0 Å². The Morgan fingerprint density at radius 1 is 1.43 bits per heavy atom. The molecular formula is C15H17BrN2O3. The molecule has 0 saturated heterocycles. The van der Waals surface area contributed by atoms with Crippen LogP contribution >= 0.6 is 15.9 Å². The lowest BCUT2D eigenvalue weighted by Crippen LogP contribution is -2.21. The van der Waals surface area contributed by atoms with Gasteiger partial charge in [0.25, 0.3) is 0 Å². The highest BCUT2D eigenvalue weighted by Gasteiger charge is 2.31. The zero-order chi connectivity index (χ0) is 15.4. The lowest BCUT2D eigenvalue weighted by atomic mass is 9.96. The van der Waals surface area contributed by atoms with Gasteiger partial charge in [-0.2, -0.15) is 4.98 Å². The van der Waals surface area contributed by atoms with Gasteiger partial charge < -0.3 is 9.26 Å². The molecule has 0 aliphatic rings. The van der Waals surface area contributed by atoms with Crippen molar-refractivity contribution in [2.75, 3.05) is 6.61 Å². The largest absolute Gasteiger partial charge is 0.465 e. The first-order valence-electron chi connectivity index (χ1n) is 6.79. The molecular weight excluding hydrogens is 336 g/mol. The summed E-state index contributed by atoms with van der Waals surface area (Å²) in [5.74, 6) is -0.116. The minimum Gasteiger partial charge on any atom is -0.465 e. The van der Waals surface area contributed by atoms with E-state index in [0.717, 1.165) is 10.0 Å². The zero-order valence-corrected chi connectivity index (χ0v) is 13.8. The van der Waals surface area contributed by atoms with Gasteiger partial charge in [0.05, 0.1) is 6.61 Å². The molecule has 112 valence electrons. The van der Waals surface area contributed by atoms with Crippen molar-refractivity contribution >= 4 is 21.9 Å². The lowest BCUT2D eigenvalue weighted by molar-refractivity contribution is -0.146. The molecule has 0 aliphatic heterocycles. The van der Waals surface area contributed by atoms with E-state index in [1.807, 2.05) is 38.1 Å². The zero-order valence-electron chi connectivity index (χ0n) is 12.2. The number of esters is 1. The lowest BCUT2D eigenvalue weighted by Gasteiger charge is -2.14. The SMILES string of the molecule is CCOC(=O)C(c1nc(-c2cccc(Br)c2)no1)C(C)C. The molecule has 2 aromatic rings. The quantitative estimate of drug-likeness (QED) is 0.765. The highest BCUT2D eigenvalue weighted by Crippen LogP contribution is 2.27. The molecule has 1 unspecified atom stereocenters. The van der Waals surface area contributed by atoms with E-state index < -0.39 is 5.92 Å². The van der Waals surface area contributed by atoms with Gasteiger partial charge in [-0.05, 0) is 25.0 Å². The standard InChI is InChI=1S/C15H17BrN2O3/c1-4-20-15(19)12(9(2)3)14-17-13(18-21-14)10-6-5-7-11(16)8-10/h5-9,12H,4H2,1-3H3. The van der Waals surface area contributed by atoms with Gasteiger partial charge in [0, 0.05) is 10.0 Å². The third kappa shape index (κ3) is 3.69. The minimum atomic E-state index is -0.543. The van der Waals surface area contributed by atoms with Crippen molar-refractivity contribution in [2.45, 2.75) is 26.7 Å². The molecule has 0 saturated carbocycles. The molecule has 0 radical (unpaired) electrons. The van der Waals surface area contributed by atoms with E-state index in [4.69, 9.17) is 9.26 Å². The van der Waals surface area contributed by atoms with Crippen molar-refractivity contribution in [2.24, 2.45) is 5.92 Å². The molecule has 1 heterocycles. The molecule has 0 amide bonds. The number of aromatic nitrogens is 2. The number of carbonyl (C=O) groups is 1. The first-order chi connectivity index (χ1) is 10.0. The van der Waals surface area contributed by atoms with Gasteiger partial charge >= 0.3 is 5.97 Å². The summed E-state index contributed by atoms with van der Waals surface area (Å²) in [7, 11) is 0. The predicted octanol–water partition coefficient (Wildman–Crippen LogP) is 3.80. The summed E-state index contributed by atoms with van der Waals surface area (Å²) < 4.78 is 11.3. The average Bonchev–Trinajstić information content (AvgIpc) is 2.88. The second-order valence-electron chi connectivity index (χ2n) is 4.94. The third-order valence-corrected chi connectivity index (χ3v) is 3.49. The van der Waals surface area contributed by atoms with E-state index in [9.17, 15) is 4.79 Å². The summed E-state index contributed by atoms with van der Waals surface area (Å²) in [5, 5.41) is 3.96. The van der Waals surface area contributed by atoms with Crippen molar-refractivity contribution in [3.05, 3.63) is 34.6 Å². The van der Waals surface area contributed by atoms with Gasteiger partial charge in [-0.3, -0.25) is 4.79 Å². The van der Waals surface area contributed by atoms with E-state index in [1.54, 1.807) is 6.92 Å². The Morgan fingerprint density at radius 3 is 2.81 bits per heavy atom. The molecule has 1 aromatic heterocycles. The van der Waals surface area contributed by atoms with E-state index >= 15 is 0 Å². The third-order valence-electron chi connectivity index (χ3n) is 3.00. The van der Waals surface area contributed by atoms with Crippen LogP contribution in [0.5, 0.6) is 0 Å². The fourth-order valence-electron chi connectivity index (χ4n) is 2.00. The maximum Gasteiger partial charge on any atom is 0.318 e. The number of halogens is 1. The van der Waals surface area contributed by atoms with Crippen LogP contribution in [0.2, 0.25) is 0 Å². The fourth-order valence-corrected chi connectivity index (χ4v) is 2.40. The Hall–Kier alpha value is -1.69. The van der Waals surface area contributed by atoms with Crippen LogP contribution < -0.4 is 0 Å². The molecule has 1 aromatic carbocycles. The number of rotatable bonds is 5. The Balaban J connectivity index is 2.30. The van der Waals surface area contributed by atoms with E-state index in [0.29, 0.717) is 18.3 Å². The van der Waals surface area contributed by atoms with Crippen molar-refractivity contribution < 1.29 is 14.1 Å². The Labute approximate surface area is 131 Å². The van der Waals surface area contributed by atoms with Crippen molar-refractivity contribution in [1.29, 1.82) is 0 Å². The topological polar surface area (TPSA) is 65.2 Å². The first kappa shape index (κ1) is 15.7. The molecule has 0 bridgehead atoms. The average molecular weight is 353 g/mol. The Kier molecular flexibility index (Phi) is 5.12. The molecule has 5 nitrogen and oxygen atoms in total. The second kappa shape index (κ2) is 6.85. The van der Waals surface area contributed by atoms with Gasteiger partial charge in [-0.15, -0.1) is 0 Å². The number of nitrogens with zero attached hydrogens (tertiary/aromatic N) is 2. The summed E-state index contributed by atoms with van der Waals surface area (Å²) >= 11 is 3.40. The van der Waals surface area contributed by atoms with Crippen molar-refractivity contribution in [3.8, 4) is 11.4 Å². The fraction of sp³-hybridized carbons (Fsp3) is 0.400. The van der Waals surface area contributed by atoms with Crippen LogP contribution in [0.4, 0.5) is 0 Å². The van der Waals surface area contributed by atoms with Crippen LogP contribution in [0.25, 0.3) is 11.4 Å². The molecule has 21 heavy (non-hydrogen) atoms.